The van der Waals surface area contributed by atoms with Crippen molar-refractivity contribution in [3.63, 3.8) is 0 Å². The maximum atomic E-state index is 5.74. The van der Waals surface area contributed by atoms with E-state index in [4.69, 9.17) is 10.9 Å². The van der Waals surface area contributed by atoms with Gasteiger partial charge in [-0.1, -0.05) is 12.8 Å². The maximum absolute atomic E-state index is 5.74. The van der Waals surface area contributed by atoms with Crippen molar-refractivity contribution >= 4 is 0 Å². The van der Waals surface area contributed by atoms with Crippen molar-refractivity contribution in [1.29, 1.82) is 0 Å². The molecule has 1 aliphatic carbocycles. The van der Waals surface area contributed by atoms with Crippen LogP contribution in [0.5, 0.6) is 0 Å². The first-order valence-electron chi connectivity index (χ1n) is 7.68. The molecule has 1 fully saturated rings. The fraction of sp³-hybridized carbons (Fsp3) is 0.500. The average molecular weight is 285 g/mol. The van der Waals surface area contributed by atoms with Gasteiger partial charge in [-0.15, -0.1) is 0 Å². The first-order chi connectivity index (χ1) is 10.3. The summed E-state index contributed by atoms with van der Waals surface area (Å²) in [7, 11) is 0. The van der Waals surface area contributed by atoms with E-state index < -0.39 is 0 Å². The molecule has 5 heteroatoms. The summed E-state index contributed by atoms with van der Waals surface area (Å²) in [5, 5.41) is 4.74. The Morgan fingerprint density at radius 2 is 2.19 bits per heavy atom. The van der Waals surface area contributed by atoms with Crippen LogP contribution in [0, 0.1) is 6.92 Å². The highest BCUT2D eigenvalue weighted by molar-refractivity contribution is 5.26. The maximum Gasteiger partial charge on any atom is 0.0644 e. The quantitative estimate of drug-likeness (QED) is 0.654. The highest BCUT2D eigenvalue weighted by atomic mass is 15.3. The summed E-state index contributed by atoms with van der Waals surface area (Å²) < 4.78 is 2.13. The van der Waals surface area contributed by atoms with Gasteiger partial charge in [0.05, 0.1) is 17.8 Å². The third-order valence-electron chi connectivity index (χ3n) is 4.43. The monoisotopic (exact) mass is 285 g/mol. The van der Waals surface area contributed by atoms with Gasteiger partial charge < -0.3 is 0 Å². The predicted molar refractivity (Wildman–Crippen MR) is 82.5 cm³/mol. The Morgan fingerprint density at radius 1 is 1.38 bits per heavy atom. The Hall–Kier alpha value is -1.72. The number of nitrogens with zero attached hydrogens (tertiary/aromatic N) is 3. The van der Waals surface area contributed by atoms with Crippen molar-refractivity contribution in [2.75, 3.05) is 0 Å². The number of aryl methyl sites for hydroxylation is 1. The average Bonchev–Trinajstić information content (AvgIpc) is 3.16. The molecule has 3 N–H and O–H groups in total. The minimum atomic E-state index is 0.0469. The van der Waals surface area contributed by atoms with Gasteiger partial charge in [0, 0.05) is 25.0 Å². The highest BCUT2D eigenvalue weighted by Gasteiger charge is 2.19. The molecule has 0 radical (unpaired) electrons. The second kappa shape index (κ2) is 6.37. The minimum Gasteiger partial charge on any atom is -0.271 e. The van der Waals surface area contributed by atoms with Crippen LogP contribution in [0.25, 0.3) is 0 Å². The van der Waals surface area contributed by atoms with E-state index in [0.29, 0.717) is 6.04 Å². The Bertz CT molecular complexity index is 586. The molecule has 0 aromatic carbocycles. The number of pyridine rings is 1. The highest BCUT2D eigenvalue weighted by Crippen LogP contribution is 2.29. The molecular weight excluding hydrogens is 262 g/mol. The number of nitrogens with one attached hydrogen (secondary N) is 1. The van der Waals surface area contributed by atoms with E-state index >= 15 is 0 Å². The number of aromatic nitrogens is 3. The van der Waals surface area contributed by atoms with Crippen LogP contribution in [0.2, 0.25) is 0 Å². The predicted octanol–water partition coefficient (Wildman–Crippen LogP) is 2.45. The number of hydrogen-bond acceptors (Lipinski definition) is 4. The van der Waals surface area contributed by atoms with Crippen LogP contribution in [0.3, 0.4) is 0 Å². The smallest absolute Gasteiger partial charge is 0.0644 e. The molecule has 0 aliphatic heterocycles. The molecule has 1 atom stereocenters. The van der Waals surface area contributed by atoms with Crippen molar-refractivity contribution in [3.05, 3.63) is 47.5 Å². The fourth-order valence-corrected chi connectivity index (χ4v) is 3.17. The largest absolute Gasteiger partial charge is 0.271 e. The van der Waals surface area contributed by atoms with Gasteiger partial charge in [-0.25, -0.2) is 0 Å². The van der Waals surface area contributed by atoms with Crippen molar-refractivity contribution < 1.29 is 0 Å². The zero-order valence-corrected chi connectivity index (χ0v) is 12.5. The first kappa shape index (κ1) is 14.2. The van der Waals surface area contributed by atoms with Crippen LogP contribution in [-0.2, 0) is 6.42 Å². The molecule has 112 valence electrons. The molecule has 2 heterocycles. The first-order valence-corrected chi connectivity index (χ1v) is 7.68. The standard InChI is InChI=1S/C16H23N5/c1-12-6-8-18-11-15(12)16(19-17)10-13-7-9-21(20-13)14-4-2-3-5-14/h6-9,11,14,16,19H,2-5,10,17H2,1H3. The molecule has 3 rings (SSSR count). The lowest BCUT2D eigenvalue weighted by molar-refractivity contribution is 0.457. The zero-order valence-electron chi connectivity index (χ0n) is 12.5. The second-order valence-electron chi connectivity index (χ2n) is 5.88. The molecule has 0 amide bonds. The minimum absolute atomic E-state index is 0.0469. The van der Waals surface area contributed by atoms with E-state index in [1.807, 2.05) is 12.3 Å². The number of hydrogen-bond donors (Lipinski definition) is 2. The Kier molecular flexibility index (Phi) is 4.31. The summed E-state index contributed by atoms with van der Waals surface area (Å²) in [5.41, 5.74) is 6.31. The summed E-state index contributed by atoms with van der Waals surface area (Å²) in [6, 6.07) is 4.75. The summed E-state index contributed by atoms with van der Waals surface area (Å²) in [4.78, 5) is 4.20. The molecule has 0 spiro atoms. The van der Waals surface area contributed by atoms with Gasteiger partial charge in [0.15, 0.2) is 0 Å². The van der Waals surface area contributed by atoms with Crippen molar-refractivity contribution in [3.8, 4) is 0 Å². The SMILES string of the molecule is Cc1ccncc1C(Cc1ccn(C2CCCC2)n1)NN. The normalized spacial score (nSPS) is 17.2. The third kappa shape index (κ3) is 3.14. The molecule has 2 aromatic rings. The van der Waals surface area contributed by atoms with Crippen LogP contribution in [0.1, 0.15) is 54.6 Å². The molecule has 2 aromatic heterocycles. The van der Waals surface area contributed by atoms with Gasteiger partial charge in [0.2, 0.25) is 0 Å². The molecule has 5 nitrogen and oxygen atoms in total. The summed E-state index contributed by atoms with van der Waals surface area (Å²) in [6.07, 6.45) is 11.7. The van der Waals surface area contributed by atoms with Gasteiger partial charge in [0.1, 0.15) is 0 Å². The topological polar surface area (TPSA) is 68.8 Å². The summed E-state index contributed by atoms with van der Waals surface area (Å²) in [6.45, 7) is 2.08. The van der Waals surface area contributed by atoms with Crippen molar-refractivity contribution in [2.24, 2.45) is 5.84 Å². The molecule has 0 saturated heterocycles. The lowest BCUT2D eigenvalue weighted by Gasteiger charge is -2.17. The molecular formula is C16H23N5. The van der Waals surface area contributed by atoms with Gasteiger partial charge >= 0.3 is 0 Å². The van der Waals surface area contributed by atoms with E-state index in [9.17, 15) is 0 Å². The Labute approximate surface area is 125 Å². The van der Waals surface area contributed by atoms with Gasteiger partial charge in [-0.05, 0) is 43.0 Å². The molecule has 1 saturated carbocycles. The number of hydrazine groups is 1. The number of nitrogens with two attached hydrogens (primary N) is 1. The molecule has 1 aliphatic rings. The van der Waals surface area contributed by atoms with E-state index in [2.05, 4.69) is 34.3 Å². The third-order valence-corrected chi connectivity index (χ3v) is 4.43. The summed E-state index contributed by atoms with van der Waals surface area (Å²) >= 11 is 0. The van der Waals surface area contributed by atoms with Crippen LogP contribution in [0.4, 0.5) is 0 Å². The van der Waals surface area contributed by atoms with E-state index in [1.54, 1.807) is 6.20 Å². The van der Waals surface area contributed by atoms with Crippen LogP contribution >= 0.6 is 0 Å². The van der Waals surface area contributed by atoms with Crippen LogP contribution < -0.4 is 11.3 Å². The van der Waals surface area contributed by atoms with E-state index in [1.165, 1.54) is 31.2 Å². The van der Waals surface area contributed by atoms with Crippen molar-refractivity contribution in [1.82, 2.24) is 20.2 Å². The molecule has 0 bridgehead atoms. The van der Waals surface area contributed by atoms with E-state index in [-0.39, 0.29) is 6.04 Å². The number of rotatable bonds is 5. The molecule has 21 heavy (non-hydrogen) atoms. The zero-order chi connectivity index (χ0) is 14.7. The van der Waals surface area contributed by atoms with E-state index in [0.717, 1.165) is 17.7 Å². The lowest BCUT2D eigenvalue weighted by Crippen LogP contribution is -2.30. The van der Waals surface area contributed by atoms with Gasteiger partial charge in [-0.2, -0.15) is 5.10 Å². The van der Waals surface area contributed by atoms with Gasteiger partial charge in [0.25, 0.3) is 0 Å². The summed E-state index contributed by atoms with van der Waals surface area (Å²) in [5.74, 6) is 5.74. The van der Waals surface area contributed by atoms with Crippen LogP contribution in [-0.4, -0.2) is 14.8 Å². The molecule has 1 unspecified atom stereocenters. The van der Waals surface area contributed by atoms with Gasteiger partial charge in [-0.3, -0.25) is 20.9 Å². The van der Waals surface area contributed by atoms with Crippen LogP contribution in [0.15, 0.2) is 30.7 Å². The second-order valence-corrected chi connectivity index (χ2v) is 5.88. The lowest BCUT2D eigenvalue weighted by atomic mass is 10.0. The fourth-order valence-electron chi connectivity index (χ4n) is 3.17. The Morgan fingerprint density at radius 3 is 2.90 bits per heavy atom. The van der Waals surface area contributed by atoms with Crippen molar-refractivity contribution in [2.45, 2.75) is 51.1 Å². The Balaban J connectivity index is 1.74.